The van der Waals surface area contributed by atoms with Crippen molar-refractivity contribution in [2.24, 2.45) is 0 Å². The second-order valence-electron chi connectivity index (χ2n) is 4.13. The highest BCUT2D eigenvalue weighted by Gasteiger charge is 2.04. The summed E-state index contributed by atoms with van der Waals surface area (Å²) in [5, 5.41) is 2.87. The summed E-state index contributed by atoms with van der Waals surface area (Å²) in [4.78, 5) is 17.0. The van der Waals surface area contributed by atoms with Gasteiger partial charge in [-0.25, -0.2) is 0 Å². The lowest BCUT2D eigenvalue weighted by Crippen LogP contribution is -2.23. The normalized spacial score (nSPS) is 10.2. The minimum absolute atomic E-state index is 0.0511. The number of nitrogens with zero attached hydrogens (tertiary/aromatic N) is 1. The zero-order valence-electron chi connectivity index (χ0n) is 10.9. The van der Waals surface area contributed by atoms with E-state index in [1.807, 2.05) is 42.5 Å². The molecular weight excluding hydrogens is 336 g/mol. The highest BCUT2D eigenvalue weighted by Crippen LogP contribution is 2.27. The van der Waals surface area contributed by atoms with Crippen LogP contribution in [0, 0.1) is 0 Å². The van der Waals surface area contributed by atoms with Crippen molar-refractivity contribution in [1.82, 2.24) is 10.3 Å². The number of pyridine rings is 1. The molecule has 2 aromatic rings. The fraction of sp³-hybridized carbons (Fsp3) is 0.200. The number of carbonyl (C=O) groups is 1. The van der Waals surface area contributed by atoms with E-state index in [4.69, 9.17) is 0 Å². The number of nitrogens with one attached hydrogen (secondary N) is 1. The third kappa shape index (κ3) is 4.98. The molecule has 1 aromatic heterocycles. The molecule has 0 atom stereocenters. The van der Waals surface area contributed by atoms with E-state index in [0.29, 0.717) is 13.0 Å². The molecule has 5 heteroatoms. The molecular formula is C15H15BrN2OS. The second kappa shape index (κ2) is 8.07. The molecule has 0 unspecified atom stereocenters. The second-order valence-corrected chi connectivity index (χ2v) is 6.12. The molecule has 0 aliphatic rings. The Morgan fingerprint density at radius 2 is 2.00 bits per heavy atom. The molecule has 1 heterocycles. The van der Waals surface area contributed by atoms with Gasteiger partial charge >= 0.3 is 0 Å². The van der Waals surface area contributed by atoms with Crippen molar-refractivity contribution in [1.29, 1.82) is 0 Å². The van der Waals surface area contributed by atoms with Crippen molar-refractivity contribution >= 4 is 33.6 Å². The lowest BCUT2D eigenvalue weighted by Gasteiger charge is -2.05. The van der Waals surface area contributed by atoms with Crippen LogP contribution in [0.5, 0.6) is 0 Å². The summed E-state index contributed by atoms with van der Waals surface area (Å²) in [7, 11) is 0. The summed E-state index contributed by atoms with van der Waals surface area (Å²) in [6.45, 7) is 0.485. The first-order valence-corrected chi connectivity index (χ1v) is 8.07. The van der Waals surface area contributed by atoms with Crippen LogP contribution in [0.3, 0.4) is 0 Å². The summed E-state index contributed by atoms with van der Waals surface area (Å²) in [5.74, 6) is 0.812. The molecule has 20 heavy (non-hydrogen) atoms. The molecule has 0 spiro atoms. The average Bonchev–Trinajstić information content (AvgIpc) is 2.48. The third-order valence-electron chi connectivity index (χ3n) is 2.62. The average molecular weight is 351 g/mol. The van der Waals surface area contributed by atoms with Crippen LogP contribution < -0.4 is 5.32 Å². The number of hydrogen-bond acceptors (Lipinski definition) is 3. The number of carbonyl (C=O) groups excluding carboxylic acids is 1. The number of thioether (sulfide) groups is 1. The Morgan fingerprint density at radius 3 is 2.75 bits per heavy atom. The topological polar surface area (TPSA) is 42.0 Å². The van der Waals surface area contributed by atoms with Gasteiger partial charge in [0.1, 0.15) is 0 Å². The molecule has 0 bridgehead atoms. The number of amides is 1. The summed E-state index contributed by atoms with van der Waals surface area (Å²) in [5.41, 5.74) is 0.874. The van der Waals surface area contributed by atoms with Crippen LogP contribution >= 0.6 is 27.7 Å². The lowest BCUT2D eigenvalue weighted by molar-refractivity contribution is -0.120. The molecule has 0 saturated heterocycles. The first-order chi connectivity index (χ1) is 9.75. The standard InChI is InChI=1S/C15H15BrN2OS/c16-13-6-1-2-7-14(13)20-10-8-15(19)18-11-12-5-3-4-9-17-12/h1-7,9H,8,10-11H2,(H,18,19). The molecule has 0 aliphatic heterocycles. The van der Waals surface area contributed by atoms with Gasteiger partial charge in [0.25, 0.3) is 0 Å². The van der Waals surface area contributed by atoms with E-state index in [0.717, 1.165) is 20.8 Å². The summed E-state index contributed by atoms with van der Waals surface area (Å²) in [6, 6.07) is 13.7. The molecule has 0 aliphatic carbocycles. The van der Waals surface area contributed by atoms with Gasteiger partial charge in [-0.15, -0.1) is 11.8 Å². The minimum atomic E-state index is 0.0511. The largest absolute Gasteiger partial charge is 0.350 e. The summed E-state index contributed by atoms with van der Waals surface area (Å²) in [6.07, 6.45) is 2.23. The van der Waals surface area contributed by atoms with Crippen molar-refractivity contribution in [2.75, 3.05) is 5.75 Å². The van der Waals surface area contributed by atoms with Crippen LogP contribution in [0.15, 0.2) is 58.0 Å². The van der Waals surface area contributed by atoms with E-state index in [9.17, 15) is 4.79 Å². The van der Waals surface area contributed by atoms with Crippen LogP contribution in [-0.2, 0) is 11.3 Å². The van der Waals surface area contributed by atoms with Gasteiger partial charge in [0.15, 0.2) is 0 Å². The van der Waals surface area contributed by atoms with Crippen LogP contribution in [0.25, 0.3) is 0 Å². The molecule has 1 amide bonds. The first-order valence-electron chi connectivity index (χ1n) is 6.29. The summed E-state index contributed by atoms with van der Waals surface area (Å²) >= 11 is 5.17. The Balaban J connectivity index is 1.69. The Kier molecular flexibility index (Phi) is 6.08. The molecule has 0 radical (unpaired) electrons. The van der Waals surface area contributed by atoms with Gasteiger partial charge in [0.05, 0.1) is 12.2 Å². The predicted molar refractivity (Wildman–Crippen MR) is 85.6 cm³/mol. The van der Waals surface area contributed by atoms with E-state index >= 15 is 0 Å². The molecule has 0 fully saturated rings. The quantitative estimate of drug-likeness (QED) is 0.808. The Bertz CT molecular complexity index is 563. The van der Waals surface area contributed by atoms with Gasteiger partial charge in [0.2, 0.25) is 5.91 Å². The number of halogens is 1. The van der Waals surface area contributed by atoms with Crippen molar-refractivity contribution in [3.05, 3.63) is 58.8 Å². The van der Waals surface area contributed by atoms with E-state index in [1.165, 1.54) is 0 Å². The van der Waals surface area contributed by atoms with E-state index in [-0.39, 0.29) is 5.91 Å². The van der Waals surface area contributed by atoms with Crippen LogP contribution in [0.2, 0.25) is 0 Å². The van der Waals surface area contributed by atoms with Crippen molar-refractivity contribution in [3.63, 3.8) is 0 Å². The number of aromatic nitrogens is 1. The maximum absolute atomic E-state index is 11.7. The SMILES string of the molecule is O=C(CCSc1ccccc1Br)NCc1ccccn1. The van der Waals surface area contributed by atoms with Gasteiger partial charge in [-0.05, 0) is 40.2 Å². The van der Waals surface area contributed by atoms with Crippen LogP contribution in [-0.4, -0.2) is 16.6 Å². The van der Waals surface area contributed by atoms with Gasteiger partial charge in [0, 0.05) is 27.7 Å². The maximum Gasteiger partial charge on any atom is 0.221 e. The van der Waals surface area contributed by atoms with E-state index in [2.05, 4.69) is 26.2 Å². The predicted octanol–water partition coefficient (Wildman–Crippen LogP) is 3.64. The maximum atomic E-state index is 11.7. The number of rotatable bonds is 6. The Hall–Kier alpha value is -1.33. The highest BCUT2D eigenvalue weighted by molar-refractivity contribution is 9.10. The van der Waals surface area contributed by atoms with Gasteiger partial charge < -0.3 is 5.32 Å². The Labute approximate surface area is 131 Å². The van der Waals surface area contributed by atoms with E-state index < -0.39 is 0 Å². The molecule has 3 nitrogen and oxygen atoms in total. The first kappa shape index (κ1) is 15.1. The smallest absolute Gasteiger partial charge is 0.221 e. The number of benzene rings is 1. The molecule has 0 saturated carbocycles. The molecule has 1 N–H and O–H groups in total. The minimum Gasteiger partial charge on any atom is -0.350 e. The van der Waals surface area contributed by atoms with Gasteiger partial charge in [-0.3, -0.25) is 9.78 Å². The van der Waals surface area contributed by atoms with Gasteiger partial charge in [-0.1, -0.05) is 18.2 Å². The van der Waals surface area contributed by atoms with E-state index in [1.54, 1.807) is 18.0 Å². The molecule has 1 aromatic carbocycles. The van der Waals surface area contributed by atoms with Gasteiger partial charge in [-0.2, -0.15) is 0 Å². The third-order valence-corrected chi connectivity index (χ3v) is 4.65. The zero-order chi connectivity index (χ0) is 14.2. The van der Waals surface area contributed by atoms with Crippen molar-refractivity contribution < 1.29 is 4.79 Å². The monoisotopic (exact) mass is 350 g/mol. The van der Waals surface area contributed by atoms with Crippen LogP contribution in [0.4, 0.5) is 0 Å². The Morgan fingerprint density at radius 1 is 1.20 bits per heavy atom. The summed E-state index contributed by atoms with van der Waals surface area (Å²) < 4.78 is 1.07. The number of hydrogen-bond donors (Lipinski definition) is 1. The zero-order valence-corrected chi connectivity index (χ0v) is 13.3. The molecule has 104 valence electrons. The highest BCUT2D eigenvalue weighted by atomic mass is 79.9. The lowest BCUT2D eigenvalue weighted by atomic mass is 10.3. The fourth-order valence-corrected chi connectivity index (χ4v) is 3.11. The van der Waals surface area contributed by atoms with Crippen molar-refractivity contribution in [3.8, 4) is 0 Å². The van der Waals surface area contributed by atoms with Crippen LogP contribution in [0.1, 0.15) is 12.1 Å². The molecule has 2 rings (SSSR count). The fourth-order valence-electron chi connectivity index (χ4n) is 1.60. The van der Waals surface area contributed by atoms with Crippen molar-refractivity contribution in [2.45, 2.75) is 17.9 Å².